The number of carbonyl (C=O) groups is 1. The van der Waals surface area contributed by atoms with E-state index in [9.17, 15) is 9.18 Å². The zero-order valence-corrected chi connectivity index (χ0v) is 16.7. The average Bonchev–Trinajstić information content (AvgIpc) is 3.39. The highest BCUT2D eigenvalue weighted by atomic mass is 35.5. The summed E-state index contributed by atoms with van der Waals surface area (Å²) in [4.78, 5) is 17.3. The number of hydrogen-bond donors (Lipinski definition) is 1. The van der Waals surface area contributed by atoms with Gasteiger partial charge in [-0.2, -0.15) is 0 Å². The summed E-state index contributed by atoms with van der Waals surface area (Å²) in [5.41, 5.74) is 5.13. The highest BCUT2D eigenvalue weighted by Crippen LogP contribution is 2.35. The summed E-state index contributed by atoms with van der Waals surface area (Å²) >= 11 is 5.72. The smallest absolute Gasteiger partial charge is 0.224 e. The van der Waals surface area contributed by atoms with E-state index in [1.807, 2.05) is 0 Å². The van der Waals surface area contributed by atoms with Gasteiger partial charge in [0, 0.05) is 24.7 Å². The van der Waals surface area contributed by atoms with E-state index in [0.717, 1.165) is 48.5 Å². The van der Waals surface area contributed by atoms with Crippen molar-refractivity contribution in [2.24, 2.45) is 0 Å². The third kappa shape index (κ3) is 3.55. The minimum Gasteiger partial charge on any atom is -0.349 e. The molecular weight excluding hydrogens is 389 g/mol. The summed E-state index contributed by atoms with van der Waals surface area (Å²) in [6, 6.07) is 10.9. The monoisotopic (exact) mass is 409 g/mol. The first kappa shape index (κ1) is 18.4. The number of carbonyl (C=O) groups excluding carboxylic acids is 1. The van der Waals surface area contributed by atoms with Crippen LogP contribution in [0.5, 0.6) is 0 Å². The number of hydrogen-bond acceptors (Lipinski definition) is 2. The van der Waals surface area contributed by atoms with Gasteiger partial charge in [0.05, 0.1) is 23.2 Å². The van der Waals surface area contributed by atoms with Crippen LogP contribution >= 0.6 is 11.6 Å². The van der Waals surface area contributed by atoms with Crippen molar-refractivity contribution in [3.63, 3.8) is 0 Å². The molecular formula is C23H21ClFN3O. The Morgan fingerprint density at radius 2 is 2.14 bits per heavy atom. The fraction of sp³-hybridized carbons (Fsp3) is 0.304. The zero-order valence-electron chi connectivity index (χ0n) is 15.9. The summed E-state index contributed by atoms with van der Waals surface area (Å²) in [5.74, 6) is 0.538. The second-order valence-corrected chi connectivity index (χ2v) is 8.24. The molecule has 4 nitrogen and oxygen atoms in total. The maximum absolute atomic E-state index is 13.6. The molecule has 0 fully saturated rings. The van der Waals surface area contributed by atoms with Crippen LogP contribution in [-0.4, -0.2) is 15.5 Å². The quantitative estimate of drug-likeness (QED) is 0.682. The van der Waals surface area contributed by atoms with E-state index >= 15 is 0 Å². The zero-order chi connectivity index (χ0) is 20.0. The second kappa shape index (κ2) is 7.30. The molecule has 2 heterocycles. The van der Waals surface area contributed by atoms with Crippen molar-refractivity contribution in [2.45, 2.75) is 44.7 Å². The Kier molecular flexibility index (Phi) is 4.63. The summed E-state index contributed by atoms with van der Waals surface area (Å²) in [7, 11) is 0. The molecule has 148 valence electrons. The normalized spacial score (nSPS) is 17.2. The van der Waals surface area contributed by atoms with Crippen molar-refractivity contribution in [3.8, 4) is 11.3 Å². The van der Waals surface area contributed by atoms with E-state index in [0.29, 0.717) is 5.56 Å². The summed E-state index contributed by atoms with van der Waals surface area (Å²) in [5, 5.41) is 3.18. The van der Waals surface area contributed by atoms with E-state index in [2.05, 4.69) is 34.3 Å². The van der Waals surface area contributed by atoms with Crippen molar-refractivity contribution in [1.29, 1.82) is 0 Å². The van der Waals surface area contributed by atoms with Crippen LogP contribution < -0.4 is 5.32 Å². The fourth-order valence-electron chi connectivity index (χ4n) is 4.39. The van der Waals surface area contributed by atoms with E-state index < -0.39 is 5.82 Å². The van der Waals surface area contributed by atoms with Gasteiger partial charge in [-0.15, -0.1) is 0 Å². The number of amides is 1. The van der Waals surface area contributed by atoms with Crippen molar-refractivity contribution in [2.75, 3.05) is 0 Å². The summed E-state index contributed by atoms with van der Waals surface area (Å²) < 4.78 is 15.9. The van der Waals surface area contributed by atoms with Gasteiger partial charge in [0.1, 0.15) is 11.6 Å². The van der Waals surface area contributed by atoms with Gasteiger partial charge in [0.15, 0.2) is 0 Å². The molecule has 1 aromatic heterocycles. The van der Waals surface area contributed by atoms with Gasteiger partial charge in [0.25, 0.3) is 0 Å². The number of rotatable bonds is 4. The van der Waals surface area contributed by atoms with Crippen molar-refractivity contribution < 1.29 is 9.18 Å². The van der Waals surface area contributed by atoms with E-state index in [1.54, 1.807) is 6.07 Å². The Labute approximate surface area is 173 Å². The molecule has 1 aliphatic carbocycles. The lowest BCUT2D eigenvalue weighted by Gasteiger charge is -2.15. The maximum Gasteiger partial charge on any atom is 0.224 e. The third-order valence-electron chi connectivity index (χ3n) is 5.86. The van der Waals surface area contributed by atoms with Crippen LogP contribution in [0.1, 0.15) is 41.4 Å². The number of aromatic nitrogens is 2. The van der Waals surface area contributed by atoms with Gasteiger partial charge in [-0.25, -0.2) is 9.37 Å². The van der Waals surface area contributed by atoms with Crippen molar-refractivity contribution in [3.05, 3.63) is 75.9 Å². The number of benzene rings is 2. The molecule has 1 N–H and O–H groups in total. The van der Waals surface area contributed by atoms with Crippen LogP contribution in [0.4, 0.5) is 4.39 Å². The summed E-state index contributed by atoms with van der Waals surface area (Å²) in [6.45, 7) is 1.04. The molecule has 6 heteroatoms. The van der Waals surface area contributed by atoms with Gasteiger partial charge >= 0.3 is 0 Å². The second-order valence-electron chi connectivity index (χ2n) is 7.84. The number of imidazole rings is 1. The van der Waals surface area contributed by atoms with Crippen molar-refractivity contribution in [1.82, 2.24) is 14.9 Å². The van der Waals surface area contributed by atoms with Crippen LogP contribution in [0, 0.1) is 5.82 Å². The predicted molar refractivity (Wildman–Crippen MR) is 110 cm³/mol. The van der Waals surface area contributed by atoms with Crippen LogP contribution in [0.3, 0.4) is 0 Å². The first-order valence-electron chi connectivity index (χ1n) is 9.99. The number of aryl methyl sites for hydroxylation is 3. The standard InChI is InChI=1S/C23H21ClFN3O/c24-18-7-3-14(10-19(18)25)11-23(29)27-20-8-6-15-4-5-16(12-17(15)20)21-13-28-9-1-2-22(28)26-21/h3-5,7,10,12-13,20H,1-2,6,8-9,11H2,(H,27,29)/t20-/m1/s1. The number of halogens is 2. The molecule has 1 atom stereocenters. The average molecular weight is 410 g/mol. The first-order chi connectivity index (χ1) is 14.1. The molecule has 0 spiro atoms. The minimum atomic E-state index is -0.500. The Morgan fingerprint density at radius 3 is 2.97 bits per heavy atom. The predicted octanol–water partition coefficient (Wildman–Crippen LogP) is 4.64. The van der Waals surface area contributed by atoms with Gasteiger partial charge in [-0.05, 0) is 54.2 Å². The highest BCUT2D eigenvalue weighted by molar-refractivity contribution is 6.30. The lowest BCUT2D eigenvalue weighted by molar-refractivity contribution is -0.121. The van der Waals surface area contributed by atoms with Gasteiger partial charge in [-0.1, -0.05) is 29.8 Å². The van der Waals surface area contributed by atoms with Crippen LogP contribution in [0.15, 0.2) is 42.6 Å². The number of fused-ring (bicyclic) bond motifs is 2. The Hall–Kier alpha value is -2.66. The van der Waals surface area contributed by atoms with E-state index in [1.165, 1.54) is 24.1 Å². The molecule has 0 radical (unpaired) electrons. The molecule has 0 unspecified atom stereocenters. The largest absolute Gasteiger partial charge is 0.349 e. The molecule has 0 saturated heterocycles. The lowest BCUT2D eigenvalue weighted by atomic mass is 10.0. The van der Waals surface area contributed by atoms with Crippen LogP contribution in [0.2, 0.25) is 5.02 Å². The van der Waals surface area contributed by atoms with Crippen molar-refractivity contribution >= 4 is 17.5 Å². The van der Waals surface area contributed by atoms with Gasteiger partial charge in [-0.3, -0.25) is 4.79 Å². The molecule has 29 heavy (non-hydrogen) atoms. The minimum absolute atomic E-state index is 0.0240. The van der Waals surface area contributed by atoms with Gasteiger partial charge in [0.2, 0.25) is 5.91 Å². The highest BCUT2D eigenvalue weighted by Gasteiger charge is 2.25. The summed E-state index contributed by atoms with van der Waals surface area (Å²) in [6.07, 6.45) is 6.28. The number of nitrogens with one attached hydrogen (secondary N) is 1. The van der Waals surface area contributed by atoms with E-state index in [4.69, 9.17) is 16.6 Å². The Morgan fingerprint density at radius 1 is 1.24 bits per heavy atom. The molecule has 1 amide bonds. The lowest BCUT2D eigenvalue weighted by Crippen LogP contribution is -2.28. The molecule has 0 bridgehead atoms. The molecule has 5 rings (SSSR count). The molecule has 1 aliphatic heterocycles. The topological polar surface area (TPSA) is 46.9 Å². The third-order valence-corrected chi connectivity index (χ3v) is 6.17. The Balaban J connectivity index is 1.33. The molecule has 2 aromatic carbocycles. The maximum atomic E-state index is 13.6. The van der Waals surface area contributed by atoms with Crippen LogP contribution in [-0.2, 0) is 30.6 Å². The fourth-order valence-corrected chi connectivity index (χ4v) is 4.50. The van der Waals surface area contributed by atoms with E-state index in [-0.39, 0.29) is 23.4 Å². The Bertz CT molecular complexity index is 1090. The number of nitrogens with zero attached hydrogens (tertiary/aromatic N) is 2. The molecule has 0 saturated carbocycles. The molecule has 2 aliphatic rings. The molecule has 3 aromatic rings. The van der Waals surface area contributed by atoms with Gasteiger partial charge < -0.3 is 9.88 Å². The first-order valence-corrected chi connectivity index (χ1v) is 10.4. The van der Waals surface area contributed by atoms with Crippen LogP contribution in [0.25, 0.3) is 11.3 Å². The SMILES string of the molecule is O=C(Cc1ccc(Cl)c(F)c1)N[C@@H]1CCc2ccc(-c3cn4c(n3)CCC4)cc21.